The number of nitrogens with one attached hydrogen (secondary N) is 1. The van der Waals surface area contributed by atoms with Crippen LogP contribution in [0.15, 0.2) is 54.7 Å². The van der Waals surface area contributed by atoms with Gasteiger partial charge in [0.25, 0.3) is 5.91 Å². The molecule has 5 rings (SSSR count). The molecule has 1 unspecified atom stereocenters. The Bertz CT molecular complexity index is 1480. The summed E-state index contributed by atoms with van der Waals surface area (Å²) < 4.78 is 14.9. The van der Waals surface area contributed by atoms with Crippen molar-refractivity contribution in [2.24, 2.45) is 7.05 Å². The molecule has 0 aliphatic heterocycles. The molecule has 38 heavy (non-hydrogen) atoms. The molecule has 1 aliphatic carbocycles. The first-order valence-corrected chi connectivity index (χ1v) is 12.8. The van der Waals surface area contributed by atoms with E-state index in [2.05, 4.69) is 20.5 Å². The van der Waals surface area contributed by atoms with Gasteiger partial charge in [0.05, 0.1) is 30.9 Å². The summed E-state index contributed by atoms with van der Waals surface area (Å²) in [5, 5.41) is 12.5. The molecular formula is C29H32N4O5. The van der Waals surface area contributed by atoms with Gasteiger partial charge in [-0.05, 0) is 60.9 Å². The lowest BCUT2D eigenvalue weighted by molar-refractivity contribution is -0.139. The smallest absolute Gasteiger partial charge is 0.330 e. The topological polar surface area (TPSA) is 108 Å². The molecule has 1 amide bonds. The van der Waals surface area contributed by atoms with Gasteiger partial charge in [0, 0.05) is 24.8 Å². The third kappa shape index (κ3) is 4.71. The van der Waals surface area contributed by atoms with Crippen molar-refractivity contribution in [1.29, 1.82) is 0 Å². The Morgan fingerprint density at radius 3 is 2.45 bits per heavy atom. The van der Waals surface area contributed by atoms with Gasteiger partial charge in [0.1, 0.15) is 0 Å². The number of aliphatic carboxylic acids is 1. The number of hydrogen-bond acceptors (Lipinski definition) is 5. The second kappa shape index (κ2) is 10.6. The molecule has 1 fully saturated rings. The Morgan fingerprint density at radius 2 is 1.79 bits per heavy atom. The number of rotatable bonds is 8. The fourth-order valence-corrected chi connectivity index (χ4v) is 5.36. The van der Waals surface area contributed by atoms with Crippen LogP contribution in [0.4, 0.5) is 0 Å². The van der Waals surface area contributed by atoms with Crippen LogP contribution in [0.2, 0.25) is 0 Å². The number of imidazole rings is 1. The fourth-order valence-electron chi connectivity index (χ4n) is 5.36. The molecule has 0 spiro atoms. The average Bonchev–Trinajstić information content (AvgIpc) is 3.53. The van der Waals surface area contributed by atoms with E-state index in [4.69, 9.17) is 14.5 Å². The van der Waals surface area contributed by atoms with E-state index in [0.717, 1.165) is 29.9 Å². The molecule has 0 radical (unpaired) electrons. The van der Waals surface area contributed by atoms with Gasteiger partial charge in [0.2, 0.25) is 0 Å². The molecule has 1 aliphatic rings. The SMILES string of the molecule is COc1ccc(C(NC(=O)c2ccc3c(c2)nc(-c2cccn2C)n3C2CCCCC2)C(=O)O)cc1OC. The summed E-state index contributed by atoms with van der Waals surface area (Å²) in [6, 6.07) is 13.3. The van der Waals surface area contributed by atoms with Crippen LogP contribution in [0.5, 0.6) is 11.5 Å². The maximum atomic E-state index is 13.3. The molecule has 9 nitrogen and oxygen atoms in total. The van der Waals surface area contributed by atoms with E-state index in [-0.39, 0.29) is 0 Å². The van der Waals surface area contributed by atoms with Crippen LogP contribution in [0, 0.1) is 0 Å². The molecular weight excluding hydrogens is 484 g/mol. The van der Waals surface area contributed by atoms with Crippen LogP contribution >= 0.6 is 0 Å². The second-order valence-corrected chi connectivity index (χ2v) is 9.66. The molecule has 2 aromatic carbocycles. The number of amides is 1. The zero-order valence-corrected chi connectivity index (χ0v) is 21.8. The molecule has 2 N–H and O–H groups in total. The van der Waals surface area contributed by atoms with Crippen LogP contribution in [0.3, 0.4) is 0 Å². The van der Waals surface area contributed by atoms with Gasteiger partial charge >= 0.3 is 5.97 Å². The van der Waals surface area contributed by atoms with Gasteiger partial charge < -0.3 is 29.0 Å². The summed E-state index contributed by atoms with van der Waals surface area (Å²) in [5.41, 5.74) is 3.40. The number of nitrogens with zero attached hydrogens (tertiary/aromatic N) is 3. The number of hydrogen-bond donors (Lipinski definition) is 2. The number of carbonyl (C=O) groups excluding carboxylic acids is 1. The molecule has 4 aromatic rings. The first-order valence-electron chi connectivity index (χ1n) is 12.8. The monoisotopic (exact) mass is 516 g/mol. The van der Waals surface area contributed by atoms with Gasteiger partial charge in [-0.15, -0.1) is 0 Å². The number of ether oxygens (including phenoxy) is 2. The van der Waals surface area contributed by atoms with E-state index >= 15 is 0 Å². The van der Waals surface area contributed by atoms with Gasteiger partial charge in [-0.3, -0.25) is 4.79 Å². The lowest BCUT2D eigenvalue weighted by Gasteiger charge is -2.25. The van der Waals surface area contributed by atoms with E-state index in [0.29, 0.717) is 34.2 Å². The Balaban J connectivity index is 1.49. The van der Waals surface area contributed by atoms with E-state index in [1.807, 2.05) is 25.4 Å². The fraction of sp³-hybridized carbons (Fsp3) is 0.345. The van der Waals surface area contributed by atoms with Crippen LogP contribution in [-0.2, 0) is 11.8 Å². The van der Waals surface area contributed by atoms with Crippen LogP contribution in [-0.4, -0.2) is 45.3 Å². The van der Waals surface area contributed by atoms with Crippen molar-refractivity contribution in [2.45, 2.75) is 44.2 Å². The van der Waals surface area contributed by atoms with Gasteiger partial charge in [-0.2, -0.15) is 0 Å². The Kier molecular flexibility index (Phi) is 7.09. The predicted molar refractivity (Wildman–Crippen MR) is 144 cm³/mol. The third-order valence-electron chi connectivity index (χ3n) is 7.33. The standard InChI is InChI=1S/C29H32N4O5/c1-32-15-7-10-23(32)27-30-21-16-19(11-13-22(21)33(27)20-8-5-4-6-9-20)28(34)31-26(29(35)36)18-12-14-24(37-2)25(17-18)38-3/h7,10-17,20,26H,4-6,8-9H2,1-3H3,(H,31,34)(H,35,36). The van der Waals surface area contributed by atoms with E-state index < -0.39 is 17.9 Å². The van der Waals surface area contributed by atoms with Crippen LogP contribution in [0.25, 0.3) is 22.6 Å². The van der Waals surface area contributed by atoms with E-state index in [1.54, 1.807) is 30.3 Å². The van der Waals surface area contributed by atoms with Crippen LogP contribution < -0.4 is 14.8 Å². The second-order valence-electron chi connectivity index (χ2n) is 9.66. The van der Waals surface area contributed by atoms with Gasteiger partial charge in [-0.1, -0.05) is 25.3 Å². The summed E-state index contributed by atoms with van der Waals surface area (Å²) >= 11 is 0. The molecule has 2 aromatic heterocycles. The van der Waals surface area contributed by atoms with Crippen molar-refractivity contribution in [1.82, 2.24) is 19.4 Å². The van der Waals surface area contributed by atoms with Crippen molar-refractivity contribution < 1.29 is 24.2 Å². The van der Waals surface area contributed by atoms with Crippen molar-refractivity contribution >= 4 is 22.9 Å². The van der Waals surface area contributed by atoms with Crippen LogP contribution in [0.1, 0.15) is 60.1 Å². The quantitative estimate of drug-likeness (QED) is 0.337. The van der Waals surface area contributed by atoms with Gasteiger partial charge in [0.15, 0.2) is 23.4 Å². The van der Waals surface area contributed by atoms with Crippen molar-refractivity contribution in [3.8, 4) is 23.0 Å². The normalized spacial score (nSPS) is 14.8. The maximum absolute atomic E-state index is 13.3. The summed E-state index contributed by atoms with van der Waals surface area (Å²) in [6.45, 7) is 0. The zero-order chi connectivity index (χ0) is 26.8. The third-order valence-corrected chi connectivity index (χ3v) is 7.33. The number of carboxylic acids is 1. The summed E-state index contributed by atoms with van der Waals surface area (Å²) in [7, 11) is 4.98. The molecule has 2 heterocycles. The molecule has 0 bridgehead atoms. The highest BCUT2D eigenvalue weighted by Crippen LogP contribution is 2.36. The Labute approximate surface area is 221 Å². The van der Waals surface area contributed by atoms with Crippen molar-refractivity contribution in [3.63, 3.8) is 0 Å². The molecule has 1 saturated carbocycles. The summed E-state index contributed by atoms with van der Waals surface area (Å²) in [6.07, 6.45) is 7.80. The maximum Gasteiger partial charge on any atom is 0.330 e. The van der Waals surface area contributed by atoms with E-state index in [9.17, 15) is 14.7 Å². The zero-order valence-electron chi connectivity index (χ0n) is 21.8. The number of methoxy groups -OCH3 is 2. The van der Waals surface area contributed by atoms with Crippen molar-refractivity contribution in [2.75, 3.05) is 14.2 Å². The van der Waals surface area contributed by atoms with E-state index in [1.165, 1.54) is 33.5 Å². The number of fused-ring (bicyclic) bond motifs is 1. The summed E-state index contributed by atoms with van der Waals surface area (Å²) in [4.78, 5) is 30.3. The van der Waals surface area contributed by atoms with Crippen molar-refractivity contribution in [3.05, 3.63) is 65.9 Å². The number of benzene rings is 2. The predicted octanol–water partition coefficient (Wildman–Crippen LogP) is 5.12. The first kappa shape index (κ1) is 25.4. The largest absolute Gasteiger partial charge is 0.493 e. The number of carboxylic acid groups (broad SMARTS) is 1. The Hall–Kier alpha value is -4.27. The average molecular weight is 517 g/mol. The lowest BCUT2D eigenvalue weighted by atomic mass is 9.95. The number of aromatic nitrogens is 3. The highest BCUT2D eigenvalue weighted by molar-refractivity contribution is 5.99. The highest BCUT2D eigenvalue weighted by atomic mass is 16.5. The minimum atomic E-state index is -1.27. The molecule has 1 atom stereocenters. The minimum Gasteiger partial charge on any atom is -0.493 e. The number of aryl methyl sites for hydroxylation is 1. The first-order chi connectivity index (χ1) is 18.4. The number of carbonyl (C=O) groups is 2. The highest BCUT2D eigenvalue weighted by Gasteiger charge is 2.26. The lowest BCUT2D eigenvalue weighted by Crippen LogP contribution is -2.33. The molecule has 198 valence electrons. The molecule has 0 saturated heterocycles. The summed E-state index contributed by atoms with van der Waals surface area (Å²) in [5.74, 6) is 0.0553. The Morgan fingerprint density at radius 1 is 1.03 bits per heavy atom. The molecule has 9 heteroatoms. The van der Waals surface area contributed by atoms with Gasteiger partial charge in [-0.25, -0.2) is 9.78 Å². The minimum absolute atomic E-state index is 0.343.